The van der Waals surface area contributed by atoms with E-state index in [0.29, 0.717) is 11.1 Å². The number of fused-ring (bicyclic) bond motifs is 4. The van der Waals surface area contributed by atoms with Gasteiger partial charge in [0.15, 0.2) is 5.58 Å². The van der Waals surface area contributed by atoms with E-state index in [2.05, 4.69) is 141 Å². The van der Waals surface area contributed by atoms with Crippen molar-refractivity contribution in [1.29, 1.82) is 5.26 Å². The largest absolute Gasteiger partial charge is 0.454 e. The zero-order valence-corrected chi connectivity index (χ0v) is 27.5. The molecule has 8 rings (SSSR count). The molecule has 8 aromatic rings. The summed E-state index contributed by atoms with van der Waals surface area (Å²) in [5.74, 6) is 1.31. The van der Waals surface area contributed by atoms with E-state index in [1.54, 1.807) is 6.07 Å². The van der Waals surface area contributed by atoms with Crippen LogP contribution in [0.1, 0.15) is 56.2 Å². The van der Waals surface area contributed by atoms with Crippen LogP contribution >= 0.6 is 0 Å². The summed E-state index contributed by atoms with van der Waals surface area (Å²) in [6.45, 7) is 9.08. The number of nitriles is 1. The lowest BCUT2D eigenvalue weighted by Gasteiger charge is -2.24. The van der Waals surface area contributed by atoms with Gasteiger partial charge < -0.3 is 4.42 Å². The third-order valence-corrected chi connectivity index (χ3v) is 9.41. The minimum atomic E-state index is 0.246. The molecule has 4 nitrogen and oxygen atoms in total. The maximum Gasteiger partial charge on any atom is 0.153 e. The van der Waals surface area contributed by atoms with Gasteiger partial charge in [0.2, 0.25) is 0 Å². The zero-order chi connectivity index (χ0) is 32.9. The molecule has 232 valence electrons. The number of para-hydroxylation sites is 4. The third-order valence-electron chi connectivity index (χ3n) is 9.41. The minimum Gasteiger partial charge on any atom is -0.454 e. The smallest absolute Gasteiger partial charge is 0.153 e. The van der Waals surface area contributed by atoms with Crippen LogP contribution in [0.3, 0.4) is 0 Å². The second-order valence-corrected chi connectivity index (χ2v) is 13.1. The van der Waals surface area contributed by atoms with Crippen LogP contribution in [0.5, 0.6) is 0 Å². The molecule has 0 spiro atoms. The normalized spacial score (nSPS) is 11.7. The average molecular weight is 622 g/mol. The Bertz CT molecular complexity index is 2480. The van der Waals surface area contributed by atoms with E-state index in [4.69, 9.17) is 9.40 Å². The Hall–Kier alpha value is -5.92. The van der Waals surface area contributed by atoms with Gasteiger partial charge in [0.1, 0.15) is 17.5 Å². The Labute approximate surface area is 280 Å². The molecule has 6 aromatic carbocycles. The number of imidazole rings is 1. The molecule has 0 saturated heterocycles. The minimum absolute atomic E-state index is 0.246. The first-order valence-electron chi connectivity index (χ1n) is 16.6. The second kappa shape index (κ2) is 11.7. The highest BCUT2D eigenvalue weighted by Gasteiger charge is 2.25. The molecular weight excluding hydrogens is 587 g/mol. The fourth-order valence-corrected chi connectivity index (χ4v) is 6.99. The first-order valence-corrected chi connectivity index (χ1v) is 16.6. The predicted octanol–water partition coefficient (Wildman–Crippen LogP) is 12.0. The maximum atomic E-state index is 9.84. The highest BCUT2D eigenvalue weighted by atomic mass is 16.3. The van der Waals surface area contributed by atoms with Crippen LogP contribution in [0.25, 0.3) is 72.3 Å². The first-order chi connectivity index (χ1) is 23.4. The molecule has 0 fully saturated rings. The molecular formula is C44H35N3O. The van der Waals surface area contributed by atoms with Crippen LogP contribution in [0.4, 0.5) is 0 Å². The van der Waals surface area contributed by atoms with Crippen molar-refractivity contribution < 1.29 is 4.42 Å². The number of hydrogen-bond acceptors (Lipinski definition) is 3. The van der Waals surface area contributed by atoms with E-state index in [0.717, 1.165) is 38.8 Å². The highest BCUT2D eigenvalue weighted by molar-refractivity contribution is 6.10. The van der Waals surface area contributed by atoms with E-state index >= 15 is 0 Å². The van der Waals surface area contributed by atoms with Crippen LogP contribution < -0.4 is 0 Å². The summed E-state index contributed by atoms with van der Waals surface area (Å²) in [6.07, 6.45) is 0. The molecule has 0 atom stereocenters. The van der Waals surface area contributed by atoms with Crippen LogP contribution in [0.2, 0.25) is 0 Å². The van der Waals surface area contributed by atoms with Crippen LogP contribution in [-0.2, 0) is 0 Å². The maximum absolute atomic E-state index is 9.84. The molecule has 0 bridgehead atoms. The molecule has 2 aromatic heterocycles. The molecule has 48 heavy (non-hydrogen) atoms. The van der Waals surface area contributed by atoms with E-state index in [1.165, 1.54) is 39.1 Å². The van der Waals surface area contributed by atoms with Gasteiger partial charge in [0.05, 0.1) is 27.8 Å². The summed E-state index contributed by atoms with van der Waals surface area (Å²) in [5, 5.41) is 11.7. The molecule has 0 amide bonds. The van der Waals surface area contributed by atoms with Crippen molar-refractivity contribution in [3.8, 4) is 45.4 Å². The quantitative estimate of drug-likeness (QED) is 0.186. The van der Waals surface area contributed by atoms with Gasteiger partial charge in [0, 0.05) is 10.8 Å². The first kappa shape index (κ1) is 29.5. The van der Waals surface area contributed by atoms with Crippen molar-refractivity contribution in [2.45, 2.75) is 39.5 Å². The van der Waals surface area contributed by atoms with Gasteiger partial charge in [-0.3, -0.25) is 4.57 Å². The number of furan rings is 1. The van der Waals surface area contributed by atoms with Gasteiger partial charge in [0.25, 0.3) is 0 Å². The molecule has 0 aliphatic rings. The van der Waals surface area contributed by atoms with Crippen molar-refractivity contribution in [3.63, 3.8) is 0 Å². The number of rotatable bonds is 6. The van der Waals surface area contributed by atoms with Gasteiger partial charge in [-0.25, -0.2) is 4.98 Å². The summed E-state index contributed by atoms with van der Waals surface area (Å²) in [5.41, 5.74) is 13.2. The Kier molecular flexibility index (Phi) is 7.19. The monoisotopic (exact) mass is 621 g/mol. The van der Waals surface area contributed by atoms with Crippen molar-refractivity contribution in [2.24, 2.45) is 0 Å². The van der Waals surface area contributed by atoms with E-state index in [1.807, 2.05) is 18.2 Å². The molecule has 0 radical (unpaired) electrons. The Morgan fingerprint density at radius 2 is 1.19 bits per heavy atom. The standard InChI is InChI=1S/C44H35N3O/c1-27(2)37-24-33(31-22-20-30(21-23-31)29-12-6-5-7-13-29)25-38(28(3)4)41(37)47-40-19-9-8-18-39(40)46-44(47)36-17-11-16-35-34-15-10-14-32(26-45)42(34)48-43(35)36/h5-25,27-28H,1-4H3. The molecule has 0 saturated carbocycles. The van der Waals surface area contributed by atoms with E-state index in [9.17, 15) is 5.26 Å². The van der Waals surface area contributed by atoms with Crippen LogP contribution in [0.15, 0.2) is 132 Å². The number of aromatic nitrogens is 2. The van der Waals surface area contributed by atoms with Gasteiger partial charge in [-0.2, -0.15) is 5.26 Å². The highest BCUT2D eigenvalue weighted by Crippen LogP contribution is 2.43. The predicted molar refractivity (Wildman–Crippen MR) is 198 cm³/mol. The second-order valence-electron chi connectivity index (χ2n) is 13.1. The summed E-state index contributed by atoms with van der Waals surface area (Å²) in [4.78, 5) is 5.28. The molecule has 0 unspecified atom stereocenters. The Morgan fingerprint density at radius 3 is 1.85 bits per heavy atom. The molecule has 4 heteroatoms. The fraction of sp³-hybridized carbons (Fsp3) is 0.136. The van der Waals surface area contributed by atoms with Crippen LogP contribution in [-0.4, -0.2) is 9.55 Å². The van der Waals surface area contributed by atoms with Crippen molar-refractivity contribution in [1.82, 2.24) is 9.55 Å². The number of benzene rings is 6. The average Bonchev–Trinajstić information content (AvgIpc) is 3.70. The van der Waals surface area contributed by atoms with Crippen molar-refractivity contribution >= 4 is 33.0 Å². The van der Waals surface area contributed by atoms with Crippen molar-refractivity contribution in [3.05, 3.63) is 144 Å². The van der Waals surface area contributed by atoms with Gasteiger partial charge in [-0.15, -0.1) is 0 Å². The van der Waals surface area contributed by atoms with E-state index in [-0.39, 0.29) is 11.8 Å². The Balaban J connectivity index is 1.38. The number of nitrogens with zero attached hydrogens (tertiary/aromatic N) is 3. The topological polar surface area (TPSA) is 54.8 Å². The number of hydrogen-bond donors (Lipinski definition) is 0. The van der Waals surface area contributed by atoms with Gasteiger partial charge in [-0.05, 0) is 81.6 Å². The summed E-state index contributed by atoms with van der Waals surface area (Å²) >= 11 is 0. The van der Waals surface area contributed by atoms with E-state index < -0.39 is 0 Å². The molecule has 0 aliphatic heterocycles. The summed E-state index contributed by atoms with van der Waals surface area (Å²) in [6, 6.07) is 46.8. The summed E-state index contributed by atoms with van der Waals surface area (Å²) in [7, 11) is 0. The van der Waals surface area contributed by atoms with Crippen molar-refractivity contribution in [2.75, 3.05) is 0 Å². The lowest BCUT2D eigenvalue weighted by atomic mass is 9.87. The lowest BCUT2D eigenvalue weighted by Crippen LogP contribution is -2.09. The van der Waals surface area contributed by atoms with Crippen LogP contribution in [0, 0.1) is 11.3 Å². The van der Waals surface area contributed by atoms with Gasteiger partial charge in [-0.1, -0.05) is 119 Å². The lowest BCUT2D eigenvalue weighted by molar-refractivity contribution is 0.668. The van der Waals surface area contributed by atoms with Gasteiger partial charge >= 0.3 is 0 Å². The Morgan fingerprint density at radius 1 is 0.604 bits per heavy atom. The molecule has 0 aliphatic carbocycles. The third kappa shape index (κ3) is 4.79. The SMILES string of the molecule is CC(C)c1cc(-c2ccc(-c3ccccc3)cc2)cc(C(C)C)c1-n1c(-c2cccc3c2oc2c(C#N)cccc23)nc2ccccc21. The molecule has 0 N–H and O–H groups in total. The fourth-order valence-electron chi connectivity index (χ4n) is 6.99. The molecule has 2 heterocycles. The summed E-state index contributed by atoms with van der Waals surface area (Å²) < 4.78 is 8.89. The zero-order valence-electron chi connectivity index (χ0n) is 27.5.